The van der Waals surface area contributed by atoms with Crippen molar-refractivity contribution in [3.63, 3.8) is 0 Å². The molecule has 214 valence electrons. The Labute approximate surface area is 238 Å². The molecule has 2 amide bonds. The highest BCUT2D eigenvalue weighted by atomic mass is 35.5. The average Bonchev–Trinajstić information content (AvgIpc) is 2.81. The van der Waals surface area contributed by atoms with Gasteiger partial charge in [-0.3, -0.25) is 24.0 Å². The molecule has 11 nitrogen and oxygen atoms in total. The van der Waals surface area contributed by atoms with Gasteiger partial charge < -0.3 is 15.0 Å². The Hall–Kier alpha value is -3.09. The van der Waals surface area contributed by atoms with Crippen LogP contribution in [0.3, 0.4) is 0 Å². The van der Waals surface area contributed by atoms with Crippen LogP contribution in [0.1, 0.15) is 39.7 Å². The first-order valence-electron chi connectivity index (χ1n) is 11.8. The SMILES string of the molecule is CC[C@H](C(=O)NC(C)(C)C)N(Cc1ccc(Cl)cc1Cl)C(=O)CN(c1cc([N+](=O)[O-])ccc1OC)S(C)(=O)=O. The lowest BCUT2D eigenvalue weighted by molar-refractivity contribution is -0.384. The minimum absolute atomic E-state index is 0.00337. The Balaban J connectivity index is 2.61. The molecule has 0 unspecified atom stereocenters. The summed E-state index contributed by atoms with van der Waals surface area (Å²) in [5.41, 5.74) is -0.714. The maximum atomic E-state index is 13.8. The summed E-state index contributed by atoms with van der Waals surface area (Å²) >= 11 is 12.4. The number of rotatable bonds is 11. The fraction of sp³-hybridized carbons (Fsp3) is 0.440. The van der Waals surface area contributed by atoms with Crippen LogP contribution in [0.2, 0.25) is 10.0 Å². The van der Waals surface area contributed by atoms with Crippen molar-refractivity contribution < 1.29 is 27.7 Å². The molecule has 0 spiro atoms. The number of hydrogen-bond acceptors (Lipinski definition) is 7. The summed E-state index contributed by atoms with van der Waals surface area (Å²) in [4.78, 5) is 39.0. The molecule has 2 rings (SSSR count). The number of nitro benzene ring substituents is 1. The predicted octanol–water partition coefficient (Wildman–Crippen LogP) is 4.40. The molecule has 0 radical (unpaired) electrons. The third-order valence-corrected chi connectivity index (χ3v) is 7.27. The average molecular weight is 604 g/mol. The van der Waals surface area contributed by atoms with Gasteiger partial charge >= 0.3 is 0 Å². The quantitative estimate of drug-likeness (QED) is 0.297. The summed E-state index contributed by atoms with van der Waals surface area (Å²) in [6.07, 6.45) is 1.07. The number of amides is 2. The second-order valence-electron chi connectivity index (χ2n) is 9.80. The second kappa shape index (κ2) is 12.8. The number of hydrogen-bond donors (Lipinski definition) is 1. The van der Waals surface area contributed by atoms with Crippen molar-refractivity contribution >= 4 is 56.4 Å². The highest BCUT2D eigenvalue weighted by Gasteiger charge is 2.34. The summed E-state index contributed by atoms with van der Waals surface area (Å²) in [5, 5.41) is 14.9. The summed E-state index contributed by atoms with van der Waals surface area (Å²) in [6.45, 7) is 6.20. The summed E-state index contributed by atoms with van der Waals surface area (Å²) < 4.78 is 31.7. The van der Waals surface area contributed by atoms with Crippen LogP contribution >= 0.6 is 23.2 Å². The first kappa shape index (κ1) is 32.1. The van der Waals surface area contributed by atoms with E-state index in [0.29, 0.717) is 14.9 Å². The Morgan fingerprint density at radius 1 is 1.15 bits per heavy atom. The zero-order valence-electron chi connectivity index (χ0n) is 22.5. The van der Waals surface area contributed by atoms with E-state index in [2.05, 4.69) is 5.32 Å². The number of anilines is 1. The molecule has 39 heavy (non-hydrogen) atoms. The van der Waals surface area contributed by atoms with Crippen molar-refractivity contribution in [1.29, 1.82) is 0 Å². The van der Waals surface area contributed by atoms with Gasteiger partial charge in [0.1, 0.15) is 24.0 Å². The number of benzene rings is 2. The predicted molar refractivity (Wildman–Crippen MR) is 151 cm³/mol. The van der Waals surface area contributed by atoms with Crippen LogP contribution in [0.25, 0.3) is 0 Å². The van der Waals surface area contributed by atoms with Crippen LogP contribution in [-0.4, -0.2) is 61.5 Å². The Kier molecular flexibility index (Phi) is 10.6. The van der Waals surface area contributed by atoms with Crippen molar-refractivity contribution in [2.24, 2.45) is 0 Å². The molecule has 0 heterocycles. The maximum absolute atomic E-state index is 13.8. The van der Waals surface area contributed by atoms with E-state index in [4.69, 9.17) is 27.9 Å². The largest absolute Gasteiger partial charge is 0.495 e. The van der Waals surface area contributed by atoms with Gasteiger partial charge in [0.25, 0.3) is 5.69 Å². The standard InChI is InChI=1S/C25H32Cl2N4O7S/c1-7-20(24(33)28-25(2,3)4)29(14-16-8-9-17(26)12-19(16)27)23(32)15-30(39(6,36)37)21-13-18(31(34)35)10-11-22(21)38-5/h8-13,20H,7,14-15H2,1-6H3,(H,28,33)/t20-/m1/s1. The summed E-state index contributed by atoms with van der Waals surface area (Å²) in [7, 11) is -2.88. The molecular formula is C25H32Cl2N4O7S. The lowest BCUT2D eigenvalue weighted by Crippen LogP contribution is -2.55. The number of halogens is 2. The summed E-state index contributed by atoms with van der Waals surface area (Å²) in [6, 6.07) is 7.11. The van der Waals surface area contributed by atoms with Gasteiger partial charge in [-0.15, -0.1) is 0 Å². The number of carbonyl (C=O) groups excluding carboxylic acids is 2. The number of sulfonamides is 1. The molecule has 0 aliphatic carbocycles. The van der Waals surface area contributed by atoms with Crippen LogP contribution in [0, 0.1) is 10.1 Å². The topological polar surface area (TPSA) is 139 Å². The van der Waals surface area contributed by atoms with E-state index in [0.717, 1.165) is 18.4 Å². The van der Waals surface area contributed by atoms with Gasteiger partial charge in [-0.2, -0.15) is 0 Å². The molecule has 2 aromatic rings. The van der Waals surface area contributed by atoms with E-state index < -0.39 is 50.6 Å². The van der Waals surface area contributed by atoms with E-state index in [1.54, 1.807) is 39.8 Å². The number of nitro groups is 1. The van der Waals surface area contributed by atoms with Gasteiger partial charge in [0.15, 0.2) is 0 Å². The van der Waals surface area contributed by atoms with E-state index in [9.17, 15) is 28.1 Å². The van der Waals surface area contributed by atoms with E-state index in [-0.39, 0.29) is 29.4 Å². The van der Waals surface area contributed by atoms with Gasteiger partial charge in [0.2, 0.25) is 21.8 Å². The van der Waals surface area contributed by atoms with Crippen molar-refractivity contribution in [3.05, 3.63) is 62.1 Å². The molecule has 0 aliphatic heterocycles. The molecule has 0 saturated heterocycles. The molecule has 0 fully saturated rings. The maximum Gasteiger partial charge on any atom is 0.271 e. The van der Waals surface area contributed by atoms with Gasteiger partial charge in [-0.05, 0) is 51.0 Å². The highest BCUT2D eigenvalue weighted by Crippen LogP contribution is 2.34. The molecule has 1 N–H and O–H groups in total. The highest BCUT2D eigenvalue weighted by molar-refractivity contribution is 7.92. The zero-order valence-corrected chi connectivity index (χ0v) is 24.9. The normalized spacial score (nSPS) is 12.4. The molecule has 2 aromatic carbocycles. The van der Waals surface area contributed by atoms with Crippen LogP contribution in [0.4, 0.5) is 11.4 Å². The Morgan fingerprint density at radius 3 is 2.28 bits per heavy atom. The lowest BCUT2D eigenvalue weighted by Gasteiger charge is -2.34. The first-order chi connectivity index (χ1) is 18.0. The number of non-ortho nitro benzene ring substituents is 1. The first-order valence-corrected chi connectivity index (χ1v) is 14.4. The van der Waals surface area contributed by atoms with Gasteiger partial charge in [-0.1, -0.05) is 36.2 Å². The molecule has 0 saturated carbocycles. The number of carbonyl (C=O) groups is 2. The van der Waals surface area contributed by atoms with Crippen molar-refractivity contribution in [2.75, 3.05) is 24.2 Å². The number of nitrogens with zero attached hydrogens (tertiary/aromatic N) is 3. The van der Waals surface area contributed by atoms with Gasteiger partial charge in [0.05, 0.1) is 18.3 Å². The molecule has 14 heteroatoms. The monoisotopic (exact) mass is 602 g/mol. The fourth-order valence-corrected chi connectivity index (χ4v) is 5.10. The molecule has 0 bridgehead atoms. The van der Waals surface area contributed by atoms with Gasteiger partial charge in [-0.25, -0.2) is 8.42 Å². The molecular weight excluding hydrogens is 571 g/mol. The third-order valence-electron chi connectivity index (χ3n) is 5.56. The van der Waals surface area contributed by atoms with Crippen molar-refractivity contribution in [3.8, 4) is 5.75 Å². The van der Waals surface area contributed by atoms with Crippen LogP contribution < -0.4 is 14.4 Å². The van der Waals surface area contributed by atoms with E-state index in [1.807, 2.05) is 0 Å². The number of methoxy groups -OCH3 is 1. The lowest BCUT2D eigenvalue weighted by atomic mass is 10.1. The Morgan fingerprint density at radius 2 is 1.79 bits per heavy atom. The minimum atomic E-state index is -4.15. The minimum Gasteiger partial charge on any atom is -0.495 e. The smallest absolute Gasteiger partial charge is 0.271 e. The summed E-state index contributed by atoms with van der Waals surface area (Å²) in [5.74, 6) is -1.18. The van der Waals surface area contributed by atoms with Crippen LogP contribution in [0.5, 0.6) is 5.75 Å². The molecule has 0 aliphatic rings. The van der Waals surface area contributed by atoms with Crippen LogP contribution in [-0.2, 0) is 26.2 Å². The van der Waals surface area contributed by atoms with Crippen molar-refractivity contribution in [2.45, 2.75) is 52.2 Å². The molecule has 1 atom stereocenters. The number of ether oxygens (including phenoxy) is 1. The van der Waals surface area contributed by atoms with Gasteiger partial charge in [0, 0.05) is 34.3 Å². The van der Waals surface area contributed by atoms with Crippen molar-refractivity contribution in [1.82, 2.24) is 10.2 Å². The van der Waals surface area contributed by atoms with E-state index >= 15 is 0 Å². The second-order valence-corrected chi connectivity index (χ2v) is 12.6. The number of nitrogens with one attached hydrogen (secondary N) is 1. The van der Waals surface area contributed by atoms with Crippen LogP contribution in [0.15, 0.2) is 36.4 Å². The molecule has 0 aromatic heterocycles. The Bertz CT molecular complexity index is 1350. The zero-order chi connectivity index (χ0) is 29.7. The third kappa shape index (κ3) is 8.70. The fourth-order valence-electron chi connectivity index (χ4n) is 3.79. The van der Waals surface area contributed by atoms with E-state index in [1.165, 1.54) is 24.1 Å².